The number of carboxylic acids is 1. The molecule has 3 nitrogen and oxygen atoms in total. The zero-order valence-electron chi connectivity index (χ0n) is 8.12. The molecule has 0 aliphatic carbocycles. The summed E-state index contributed by atoms with van der Waals surface area (Å²) >= 11 is 6.03. The summed E-state index contributed by atoms with van der Waals surface area (Å²) in [7, 11) is 0. The van der Waals surface area contributed by atoms with Gasteiger partial charge in [-0.25, -0.2) is 0 Å². The number of aliphatic carboxylic acids is 1. The lowest BCUT2D eigenvalue weighted by Gasteiger charge is -2.07. The summed E-state index contributed by atoms with van der Waals surface area (Å²) in [5.74, 6) is -1.39. The van der Waals surface area contributed by atoms with Crippen LogP contribution in [-0.4, -0.2) is 16.1 Å². The van der Waals surface area contributed by atoms with Gasteiger partial charge >= 0.3 is 5.97 Å². The molecule has 0 aliphatic heterocycles. The highest BCUT2D eigenvalue weighted by Crippen LogP contribution is 2.27. The molecular formula is C11H10ClNO2. The average Bonchev–Trinajstić information content (AvgIpc) is 2.64. The van der Waals surface area contributed by atoms with Crippen LogP contribution in [0.5, 0.6) is 0 Å². The third kappa shape index (κ3) is 1.70. The van der Waals surface area contributed by atoms with E-state index in [1.165, 1.54) is 0 Å². The van der Waals surface area contributed by atoms with Crippen LogP contribution in [0.1, 0.15) is 18.4 Å². The van der Waals surface area contributed by atoms with Crippen molar-refractivity contribution in [1.82, 2.24) is 4.98 Å². The van der Waals surface area contributed by atoms with Crippen LogP contribution in [0.4, 0.5) is 0 Å². The second-order valence-corrected chi connectivity index (χ2v) is 3.91. The van der Waals surface area contributed by atoms with E-state index in [2.05, 4.69) is 4.98 Å². The normalized spacial score (nSPS) is 12.9. The van der Waals surface area contributed by atoms with Gasteiger partial charge in [-0.15, -0.1) is 0 Å². The minimum absolute atomic E-state index is 0.540. The number of hydrogen-bond donors (Lipinski definition) is 2. The van der Waals surface area contributed by atoms with Crippen LogP contribution in [0.15, 0.2) is 24.4 Å². The fraction of sp³-hybridized carbons (Fsp3) is 0.182. The second-order valence-electron chi connectivity index (χ2n) is 3.50. The number of hydrogen-bond acceptors (Lipinski definition) is 1. The molecular weight excluding hydrogens is 214 g/mol. The lowest BCUT2D eigenvalue weighted by atomic mass is 10.00. The second kappa shape index (κ2) is 3.59. The van der Waals surface area contributed by atoms with Crippen molar-refractivity contribution < 1.29 is 9.90 Å². The van der Waals surface area contributed by atoms with Gasteiger partial charge in [-0.2, -0.15) is 0 Å². The van der Waals surface area contributed by atoms with Crippen LogP contribution >= 0.6 is 11.6 Å². The van der Waals surface area contributed by atoms with Gasteiger partial charge in [-0.05, 0) is 30.7 Å². The largest absolute Gasteiger partial charge is 0.481 e. The Balaban J connectivity index is 2.58. The number of aromatic amines is 1. The van der Waals surface area contributed by atoms with E-state index in [1.807, 2.05) is 12.1 Å². The van der Waals surface area contributed by atoms with Crippen LogP contribution in [0.2, 0.25) is 5.02 Å². The number of halogens is 1. The van der Waals surface area contributed by atoms with E-state index in [1.54, 1.807) is 19.2 Å². The summed E-state index contributed by atoms with van der Waals surface area (Å²) in [5.41, 5.74) is 1.57. The summed E-state index contributed by atoms with van der Waals surface area (Å²) in [4.78, 5) is 13.8. The average molecular weight is 224 g/mol. The number of rotatable bonds is 2. The summed E-state index contributed by atoms with van der Waals surface area (Å²) < 4.78 is 0. The van der Waals surface area contributed by atoms with Crippen LogP contribution in [0.3, 0.4) is 0 Å². The molecule has 2 aromatic rings. The van der Waals surface area contributed by atoms with E-state index >= 15 is 0 Å². The zero-order valence-corrected chi connectivity index (χ0v) is 8.88. The molecule has 0 fully saturated rings. The summed E-state index contributed by atoms with van der Waals surface area (Å²) in [6.07, 6.45) is 1.78. The van der Waals surface area contributed by atoms with Crippen molar-refractivity contribution in [2.75, 3.05) is 0 Å². The van der Waals surface area contributed by atoms with Gasteiger partial charge in [0.05, 0.1) is 16.5 Å². The van der Waals surface area contributed by atoms with Gasteiger partial charge in [0.2, 0.25) is 0 Å². The first-order chi connectivity index (χ1) is 7.09. The van der Waals surface area contributed by atoms with Crippen molar-refractivity contribution in [1.29, 1.82) is 0 Å². The van der Waals surface area contributed by atoms with Gasteiger partial charge in [0.25, 0.3) is 0 Å². The Morgan fingerprint density at radius 3 is 2.93 bits per heavy atom. The number of H-pyrrole nitrogens is 1. The first-order valence-electron chi connectivity index (χ1n) is 4.59. The van der Waals surface area contributed by atoms with Gasteiger partial charge in [0, 0.05) is 11.6 Å². The van der Waals surface area contributed by atoms with Crippen molar-refractivity contribution in [3.63, 3.8) is 0 Å². The highest BCUT2D eigenvalue weighted by molar-refractivity contribution is 6.35. The molecule has 4 heteroatoms. The highest BCUT2D eigenvalue weighted by atomic mass is 35.5. The van der Waals surface area contributed by atoms with Crippen molar-refractivity contribution in [3.05, 3.63) is 35.0 Å². The fourth-order valence-corrected chi connectivity index (χ4v) is 1.83. The Hall–Kier alpha value is -1.48. The third-order valence-electron chi connectivity index (χ3n) is 2.50. The molecule has 0 spiro atoms. The van der Waals surface area contributed by atoms with E-state index in [9.17, 15) is 4.79 Å². The summed E-state index contributed by atoms with van der Waals surface area (Å²) in [6, 6.07) is 5.41. The minimum atomic E-state index is -0.846. The molecule has 1 heterocycles. The number of nitrogens with one attached hydrogen (secondary N) is 1. The van der Waals surface area contributed by atoms with Crippen molar-refractivity contribution in [2.24, 2.45) is 0 Å². The van der Waals surface area contributed by atoms with Gasteiger partial charge in [0.15, 0.2) is 0 Å². The number of carbonyl (C=O) groups is 1. The topological polar surface area (TPSA) is 53.1 Å². The number of fused-ring (bicyclic) bond motifs is 1. The quantitative estimate of drug-likeness (QED) is 0.822. The Morgan fingerprint density at radius 2 is 2.27 bits per heavy atom. The summed E-state index contributed by atoms with van der Waals surface area (Å²) in [6.45, 7) is 1.65. The molecule has 15 heavy (non-hydrogen) atoms. The first kappa shape index (κ1) is 10.1. The Morgan fingerprint density at radius 1 is 1.53 bits per heavy atom. The minimum Gasteiger partial charge on any atom is -0.481 e. The van der Waals surface area contributed by atoms with E-state index in [-0.39, 0.29) is 0 Å². The third-order valence-corrected chi connectivity index (χ3v) is 2.80. The summed E-state index contributed by atoms with van der Waals surface area (Å²) in [5, 5.41) is 10.4. The fourth-order valence-electron chi connectivity index (χ4n) is 1.54. The Bertz CT molecular complexity index is 518. The molecule has 1 atom stereocenters. The molecule has 1 aromatic heterocycles. The van der Waals surface area contributed by atoms with E-state index in [0.29, 0.717) is 5.02 Å². The van der Waals surface area contributed by atoms with Crippen molar-refractivity contribution >= 4 is 28.5 Å². The van der Waals surface area contributed by atoms with Crippen molar-refractivity contribution in [2.45, 2.75) is 12.8 Å². The maximum absolute atomic E-state index is 10.8. The molecule has 0 saturated carbocycles. The number of carboxylic acid groups (broad SMARTS) is 1. The lowest BCUT2D eigenvalue weighted by molar-refractivity contribution is -0.138. The predicted molar refractivity (Wildman–Crippen MR) is 59.4 cm³/mol. The SMILES string of the molecule is CC(C(=O)O)c1cc(Cl)c2[nH]ccc2c1. The molecule has 0 aliphatic rings. The molecule has 0 amide bonds. The smallest absolute Gasteiger partial charge is 0.310 e. The monoisotopic (exact) mass is 223 g/mol. The number of aromatic nitrogens is 1. The molecule has 1 aromatic carbocycles. The maximum Gasteiger partial charge on any atom is 0.310 e. The molecule has 78 valence electrons. The highest BCUT2D eigenvalue weighted by Gasteiger charge is 2.15. The van der Waals surface area contributed by atoms with Gasteiger partial charge in [-0.3, -0.25) is 4.79 Å². The van der Waals surface area contributed by atoms with Crippen LogP contribution in [0, 0.1) is 0 Å². The molecule has 2 N–H and O–H groups in total. The lowest BCUT2D eigenvalue weighted by Crippen LogP contribution is -2.07. The zero-order chi connectivity index (χ0) is 11.0. The van der Waals surface area contributed by atoms with Gasteiger partial charge in [-0.1, -0.05) is 11.6 Å². The Kier molecular flexibility index (Phi) is 2.40. The first-order valence-corrected chi connectivity index (χ1v) is 4.96. The van der Waals surface area contributed by atoms with Crippen LogP contribution < -0.4 is 0 Å². The molecule has 0 saturated heterocycles. The Labute approximate surface area is 91.7 Å². The van der Waals surface area contributed by atoms with Crippen LogP contribution in [0.25, 0.3) is 10.9 Å². The van der Waals surface area contributed by atoms with Crippen LogP contribution in [-0.2, 0) is 4.79 Å². The van der Waals surface area contributed by atoms with E-state index in [4.69, 9.17) is 16.7 Å². The maximum atomic E-state index is 10.8. The standard InChI is InChI=1S/C11H10ClNO2/c1-6(11(14)15)8-4-7-2-3-13-10(7)9(12)5-8/h2-6,13H,1H3,(H,14,15). The number of benzene rings is 1. The van der Waals surface area contributed by atoms with Gasteiger partial charge < -0.3 is 10.1 Å². The molecule has 2 rings (SSSR count). The molecule has 1 unspecified atom stereocenters. The molecule has 0 bridgehead atoms. The van der Waals surface area contributed by atoms with E-state index in [0.717, 1.165) is 16.5 Å². The van der Waals surface area contributed by atoms with E-state index < -0.39 is 11.9 Å². The van der Waals surface area contributed by atoms with Crippen molar-refractivity contribution in [3.8, 4) is 0 Å². The van der Waals surface area contributed by atoms with Gasteiger partial charge in [0.1, 0.15) is 0 Å². The molecule has 0 radical (unpaired) electrons. The predicted octanol–water partition coefficient (Wildman–Crippen LogP) is 3.01.